The van der Waals surface area contributed by atoms with E-state index < -0.39 is 24.3 Å². The first-order valence-corrected chi connectivity index (χ1v) is 10.9. The number of hydrogen-bond donors (Lipinski definition) is 2. The van der Waals surface area contributed by atoms with Gasteiger partial charge in [-0.05, 0) is 23.8 Å². The summed E-state index contributed by atoms with van der Waals surface area (Å²) in [5, 5.41) is 21.8. The second kappa shape index (κ2) is 13.8. The Labute approximate surface area is 221 Å². The predicted octanol–water partition coefficient (Wildman–Crippen LogP) is 3.20. The average molecular weight is 574 g/mol. The van der Waals surface area contributed by atoms with Crippen molar-refractivity contribution in [1.29, 1.82) is 0 Å². The number of hydrogen-bond acceptors (Lipinski definition) is 8. The minimum absolute atomic E-state index is 0.0436. The van der Waals surface area contributed by atoms with E-state index in [2.05, 4.69) is 25.1 Å². The Morgan fingerprint density at radius 1 is 0.825 bits per heavy atom. The fraction of sp³-hybridized carbons (Fsp3) is 0.261. The quantitative estimate of drug-likeness (QED) is 0.447. The smallest absolute Gasteiger partial charge is 0.475 e. The molecule has 17 heteroatoms. The van der Waals surface area contributed by atoms with Crippen LogP contribution in [0.5, 0.6) is 0 Å². The summed E-state index contributed by atoms with van der Waals surface area (Å²) in [6, 6.07) is 9.60. The number of fused-ring (bicyclic) bond motifs is 1. The molecule has 0 saturated heterocycles. The summed E-state index contributed by atoms with van der Waals surface area (Å²) in [5.41, 5.74) is 2.69. The second-order valence-electron chi connectivity index (χ2n) is 7.73. The number of halogens is 6. The highest BCUT2D eigenvalue weighted by Crippen LogP contribution is 2.25. The molecule has 40 heavy (non-hydrogen) atoms. The largest absolute Gasteiger partial charge is 0.490 e. The molecule has 1 aliphatic rings. The maximum Gasteiger partial charge on any atom is 0.490 e. The lowest BCUT2D eigenvalue weighted by Crippen LogP contribution is -2.35. The maximum absolute atomic E-state index is 12.8. The molecule has 2 N–H and O–H groups in total. The Morgan fingerprint density at radius 2 is 1.45 bits per heavy atom. The molecule has 0 saturated carbocycles. The van der Waals surface area contributed by atoms with Crippen molar-refractivity contribution in [3.63, 3.8) is 0 Å². The Bertz CT molecular complexity index is 1250. The summed E-state index contributed by atoms with van der Waals surface area (Å²) < 4.78 is 63.5. The zero-order valence-corrected chi connectivity index (χ0v) is 20.2. The van der Waals surface area contributed by atoms with Crippen molar-refractivity contribution in [2.24, 2.45) is 0 Å². The monoisotopic (exact) mass is 574 g/mol. The number of carbonyl (C=O) groups excluding carboxylic acids is 1. The van der Waals surface area contributed by atoms with Gasteiger partial charge in [-0.2, -0.15) is 36.5 Å². The van der Waals surface area contributed by atoms with Gasteiger partial charge in [-0.1, -0.05) is 12.1 Å². The number of carboxylic acid groups (broad SMARTS) is 2. The van der Waals surface area contributed by atoms with Crippen LogP contribution >= 0.6 is 0 Å². The molecule has 4 rings (SSSR count). The van der Waals surface area contributed by atoms with Gasteiger partial charge in [0, 0.05) is 50.3 Å². The third kappa shape index (κ3) is 9.80. The lowest BCUT2D eigenvalue weighted by atomic mass is 10.2. The molecule has 0 aliphatic carbocycles. The van der Waals surface area contributed by atoms with E-state index in [4.69, 9.17) is 19.8 Å². The predicted molar refractivity (Wildman–Crippen MR) is 124 cm³/mol. The second-order valence-corrected chi connectivity index (χ2v) is 7.73. The first-order chi connectivity index (χ1) is 18.7. The number of pyridine rings is 2. The highest BCUT2D eigenvalue weighted by atomic mass is 19.4. The van der Waals surface area contributed by atoms with Crippen LogP contribution in [0.1, 0.15) is 21.5 Å². The fourth-order valence-corrected chi connectivity index (χ4v) is 3.11. The van der Waals surface area contributed by atoms with Gasteiger partial charge in [-0.25, -0.2) is 14.6 Å². The van der Waals surface area contributed by atoms with Crippen molar-refractivity contribution in [2.45, 2.75) is 25.4 Å². The van der Waals surface area contributed by atoms with Gasteiger partial charge in [0.2, 0.25) is 0 Å². The summed E-state index contributed by atoms with van der Waals surface area (Å²) >= 11 is 0. The molecule has 0 spiro atoms. The summed E-state index contributed by atoms with van der Waals surface area (Å²) in [5.74, 6) is -4.64. The first-order valence-electron chi connectivity index (χ1n) is 10.9. The zero-order valence-electron chi connectivity index (χ0n) is 20.2. The van der Waals surface area contributed by atoms with Crippen molar-refractivity contribution in [3.05, 3.63) is 78.0 Å². The molecule has 1 amide bonds. The molecule has 0 fully saturated rings. The van der Waals surface area contributed by atoms with E-state index in [1.54, 1.807) is 18.5 Å². The van der Waals surface area contributed by atoms with E-state index in [9.17, 15) is 31.1 Å². The molecule has 0 atom stereocenters. The average Bonchev–Trinajstić information content (AvgIpc) is 3.09. The van der Waals surface area contributed by atoms with Crippen LogP contribution in [0.25, 0.3) is 0 Å². The molecule has 0 aromatic carbocycles. The molecular formula is C23H20F6N6O5. The molecule has 11 nitrogen and oxygen atoms in total. The van der Waals surface area contributed by atoms with Crippen molar-refractivity contribution >= 4 is 23.7 Å². The Kier molecular flexibility index (Phi) is 10.8. The van der Waals surface area contributed by atoms with Gasteiger partial charge in [-0.3, -0.25) is 9.78 Å². The maximum atomic E-state index is 12.8. The van der Waals surface area contributed by atoms with Crippen LogP contribution in [0.2, 0.25) is 0 Å². The van der Waals surface area contributed by atoms with Crippen LogP contribution in [0.4, 0.5) is 32.2 Å². The molecule has 0 bridgehead atoms. The highest BCUT2D eigenvalue weighted by molar-refractivity contribution is 5.94. The molecule has 0 radical (unpaired) electrons. The van der Waals surface area contributed by atoms with E-state index in [1.165, 1.54) is 12.4 Å². The topological polar surface area (TPSA) is 150 Å². The molecule has 3 aromatic rings. The summed E-state index contributed by atoms with van der Waals surface area (Å²) in [7, 11) is 0. The van der Waals surface area contributed by atoms with Crippen molar-refractivity contribution in [2.75, 3.05) is 18.0 Å². The molecule has 4 heterocycles. The molecule has 214 valence electrons. The van der Waals surface area contributed by atoms with Gasteiger partial charge >= 0.3 is 24.3 Å². The van der Waals surface area contributed by atoms with Crippen LogP contribution in [0, 0.1) is 0 Å². The van der Waals surface area contributed by atoms with E-state index >= 15 is 0 Å². The van der Waals surface area contributed by atoms with E-state index in [0.29, 0.717) is 31.7 Å². The molecule has 0 unspecified atom stereocenters. The summed E-state index contributed by atoms with van der Waals surface area (Å²) in [4.78, 5) is 43.4. The zero-order chi connectivity index (χ0) is 29.9. The van der Waals surface area contributed by atoms with Gasteiger partial charge in [0.05, 0.1) is 18.0 Å². The standard InChI is InChI=1S/C19H18N6O.2C2HF3O2/c26-19(16-5-8-22-23-12-16)25-10-9-24(13-15-3-1-6-20-11-15)18-17(14-25)4-2-7-21-18;2*3-2(4,5)1(6)7/h1-8,11-12H,9-10,13-14H2;2*(H,6,7). The minimum atomic E-state index is -5.08. The van der Waals surface area contributed by atoms with Crippen LogP contribution in [0.3, 0.4) is 0 Å². The number of carboxylic acids is 2. The molecule has 1 aliphatic heterocycles. The summed E-state index contributed by atoms with van der Waals surface area (Å²) in [6.45, 7) is 2.53. The van der Waals surface area contributed by atoms with Gasteiger partial charge in [0.15, 0.2) is 0 Å². The number of anilines is 1. The summed E-state index contributed by atoms with van der Waals surface area (Å²) in [6.07, 6.45) is -1.71. The van der Waals surface area contributed by atoms with E-state index in [0.717, 1.165) is 16.9 Å². The van der Waals surface area contributed by atoms with Crippen LogP contribution < -0.4 is 4.90 Å². The third-order valence-electron chi connectivity index (χ3n) is 4.87. The van der Waals surface area contributed by atoms with E-state index in [-0.39, 0.29) is 5.91 Å². The minimum Gasteiger partial charge on any atom is -0.475 e. The van der Waals surface area contributed by atoms with E-state index in [1.807, 2.05) is 35.4 Å². The number of rotatable bonds is 3. The number of aliphatic carboxylic acids is 2. The number of amides is 1. The van der Waals surface area contributed by atoms with Crippen LogP contribution in [-0.2, 0) is 22.7 Å². The highest BCUT2D eigenvalue weighted by Gasteiger charge is 2.38. The van der Waals surface area contributed by atoms with Gasteiger partial charge in [0.1, 0.15) is 5.82 Å². The van der Waals surface area contributed by atoms with Gasteiger partial charge in [0.25, 0.3) is 5.91 Å². The fourth-order valence-electron chi connectivity index (χ4n) is 3.11. The lowest BCUT2D eigenvalue weighted by molar-refractivity contribution is -0.193. The van der Waals surface area contributed by atoms with Gasteiger partial charge < -0.3 is 20.0 Å². The first kappa shape index (κ1) is 31.4. The number of aromatic nitrogens is 4. The Hall–Kier alpha value is -4.83. The van der Waals surface area contributed by atoms with Gasteiger partial charge in [-0.15, -0.1) is 0 Å². The van der Waals surface area contributed by atoms with Crippen molar-refractivity contribution < 1.29 is 50.9 Å². The van der Waals surface area contributed by atoms with Crippen molar-refractivity contribution in [1.82, 2.24) is 25.1 Å². The van der Waals surface area contributed by atoms with Crippen LogP contribution in [0.15, 0.2) is 61.3 Å². The number of alkyl halides is 6. The van der Waals surface area contributed by atoms with Crippen molar-refractivity contribution in [3.8, 4) is 0 Å². The molecule has 3 aromatic heterocycles. The number of nitrogens with zero attached hydrogens (tertiary/aromatic N) is 6. The Morgan fingerprint density at radius 3 is 1.98 bits per heavy atom. The lowest BCUT2D eigenvalue weighted by Gasteiger charge is -2.23. The SMILES string of the molecule is O=C(O)C(F)(F)F.O=C(O)C(F)(F)F.O=C(c1ccnnc1)N1CCN(Cc2cccnc2)c2ncccc2C1. The normalized spacial score (nSPS) is 12.9. The Balaban J connectivity index is 0.000000333. The van der Waals surface area contributed by atoms with Crippen LogP contribution in [-0.4, -0.2) is 78.6 Å². The number of carbonyl (C=O) groups is 3. The third-order valence-corrected chi connectivity index (χ3v) is 4.87. The molecular weight excluding hydrogens is 554 g/mol.